The first-order valence-corrected chi connectivity index (χ1v) is 4.20. The van der Waals surface area contributed by atoms with E-state index in [4.69, 9.17) is 11.6 Å². The van der Waals surface area contributed by atoms with Crippen molar-refractivity contribution in [2.45, 2.75) is 6.92 Å². The summed E-state index contributed by atoms with van der Waals surface area (Å²) in [4.78, 5) is 10.9. The second kappa shape index (κ2) is 5.84. The third-order valence-corrected chi connectivity index (χ3v) is 2.08. The van der Waals surface area contributed by atoms with E-state index in [1.54, 1.807) is 0 Å². The number of carbonyl (C=O) groups excluding carboxylic acids is 1. The molecular formula is C8H6BClF3KO. The molecule has 1 rings (SSSR count). The number of Topliss-reactive ketones (excluding diaryl/α,β-unsaturated/α-hetero) is 1. The molecule has 76 valence electrons. The Balaban J connectivity index is 0.00000196. The van der Waals surface area contributed by atoms with Crippen molar-refractivity contribution in [1.82, 2.24) is 0 Å². The predicted octanol–water partition coefficient (Wildman–Crippen LogP) is -0.399. The van der Waals surface area contributed by atoms with E-state index in [-0.39, 0.29) is 62.0 Å². The molecule has 0 bridgehead atoms. The number of rotatable bonds is 2. The number of benzene rings is 1. The molecule has 1 aromatic carbocycles. The summed E-state index contributed by atoms with van der Waals surface area (Å²) in [7, 11) is 0. The summed E-state index contributed by atoms with van der Waals surface area (Å²) in [5.74, 6) is -0.475. The van der Waals surface area contributed by atoms with Gasteiger partial charge >= 0.3 is 58.4 Å². The fourth-order valence-corrected chi connectivity index (χ4v) is 1.27. The summed E-state index contributed by atoms with van der Waals surface area (Å²) in [5, 5.41) is 0.0429. The van der Waals surface area contributed by atoms with Crippen LogP contribution in [-0.2, 0) is 0 Å². The van der Waals surface area contributed by atoms with E-state index in [9.17, 15) is 17.7 Å². The molecule has 0 amide bonds. The summed E-state index contributed by atoms with van der Waals surface area (Å²) in [5.41, 5.74) is -0.900. The molecule has 0 saturated heterocycles. The maximum Gasteiger partial charge on any atom is 1.00 e. The quantitative estimate of drug-likeness (QED) is 0.522. The minimum atomic E-state index is -5.08. The maximum absolute atomic E-state index is 12.3. The van der Waals surface area contributed by atoms with Gasteiger partial charge in [0.05, 0.1) is 5.02 Å². The summed E-state index contributed by atoms with van der Waals surface area (Å²) in [6.45, 7) is -3.90. The van der Waals surface area contributed by atoms with Crippen LogP contribution in [0.3, 0.4) is 0 Å². The molecule has 7 heteroatoms. The van der Waals surface area contributed by atoms with Crippen molar-refractivity contribution in [3.63, 3.8) is 0 Å². The second-order valence-corrected chi connectivity index (χ2v) is 3.28. The predicted molar refractivity (Wildman–Crippen MR) is 50.2 cm³/mol. The third-order valence-electron chi connectivity index (χ3n) is 1.75. The Bertz CT molecular complexity index is 381. The SMILES string of the molecule is CC(=O)c1cc([B-](F)(F)F)ccc1Cl.[K+]. The van der Waals surface area contributed by atoms with Crippen molar-refractivity contribution in [2.75, 3.05) is 0 Å². The van der Waals surface area contributed by atoms with Crippen LogP contribution < -0.4 is 56.8 Å². The zero-order chi connectivity index (χ0) is 10.9. The van der Waals surface area contributed by atoms with E-state index < -0.39 is 18.2 Å². The van der Waals surface area contributed by atoms with Crippen LogP contribution in [0.4, 0.5) is 12.9 Å². The average Bonchev–Trinajstić information content (AvgIpc) is 2.02. The van der Waals surface area contributed by atoms with Gasteiger partial charge in [-0.3, -0.25) is 4.79 Å². The molecule has 0 unspecified atom stereocenters. The van der Waals surface area contributed by atoms with Gasteiger partial charge in [0, 0.05) is 5.56 Å². The van der Waals surface area contributed by atoms with Gasteiger partial charge in [-0.05, 0) is 13.0 Å². The van der Waals surface area contributed by atoms with Gasteiger partial charge in [-0.2, -0.15) is 0 Å². The molecule has 0 spiro atoms. The van der Waals surface area contributed by atoms with Crippen LogP contribution in [0.1, 0.15) is 17.3 Å². The van der Waals surface area contributed by atoms with E-state index in [0.29, 0.717) is 0 Å². The fraction of sp³-hybridized carbons (Fsp3) is 0.125. The van der Waals surface area contributed by atoms with Crippen LogP contribution in [0.2, 0.25) is 5.02 Å². The normalized spacial score (nSPS) is 10.7. The van der Waals surface area contributed by atoms with Crippen LogP contribution in [0.15, 0.2) is 18.2 Å². The first kappa shape index (κ1) is 15.7. The van der Waals surface area contributed by atoms with Crippen molar-refractivity contribution in [2.24, 2.45) is 0 Å². The Morgan fingerprint density at radius 3 is 2.27 bits per heavy atom. The minimum absolute atomic E-state index is 0. The average molecular weight is 260 g/mol. The van der Waals surface area contributed by atoms with Crippen LogP contribution in [0.5, 0.6) is 0 Å². The first-order valence-electron chi connectivity index (χ1n) is 3.82. The van der Waals surface area contributed by atoms with Gasteiger partial charge in [0.25, 0.3) is 0 Å². The first-order chi connectivity index (χ1) is 6.32. The fourth-order valence-electron chi connectivity index (χ4n) is 1.02. The molecule has 0 fully saturated rings. The third kappa shape index (κ3) is 4.20. The van der Waals surface area contributed by atoms with Crippen LogP contribution in [0, 0.1) is 0 Å². The van der Waals surface area contributed by atoms with Gasteiger partial charge in [-0.25, -0.2) is 0 Å². The molecule has 0 aliphatic heterocycles. The Kier molecular flexibility index (Phi) is 6.10. The van der Waals surface area contributed by atoms with Crippen molar-refractivity contribution < 1.29 is 69.1 Å². The van der Waals surface area contributed by atoms with Gasteiger partial charge in [-0.1, -0.05) is 23.7 Å². The molecule has 1 nitrogen and oxygen atoms in total. The Morgan fingerprint density at radius 2 is 1.87 bits per heavy atom. The molecule has 1 aromatic rings. The summed E-state index contributed by atoms with van der Waals surface area (Å²) < 4.78 is 36.8. The smallest absolute Gasteiger partial charge is 0.445 e. The van der Waals surface area contributed by atoms with E-state index >= 15 is 0 Å². The molecule has 0 aromatic heterocycles. The van der Waals surface area contributed by atoms with Crippen LogP contribution >= 0.6 is 11.6 Å². The van der Waals surface area contributed by atoms with Crippen molar-refractivity contribution in [3.05, 3.63) is 28.8 Å². The topological polar surface area (TPSA) is 17.1 Å². The molecule has 0 aliphatic rings. The zero-order valence-corrected chi connectivity index (χ0v) is 12.1. The summed E-state index contributed by atoms with van der Waals surface area (Å²) in [6.07, 6.45) is 0. The number of carbonyl (C=O) groups is 1. The van der Waals surface area contributed by atoms with E-state index in [2.05, 4.69) is 0 Å². The van der Waals surface area contributed by atoms with Crippen molar-refractivity contribution in [1.29, 1.82) is 0 Å². The largest absolute Gasteiger partial charge is 1.00 e. The molecular weight excluding hydrogens is 254 g/mol. The standard InChI is InChI=1S/C8H6BClF3O.K/c1-5(14)7-4-6(9(11,12)13)2-3-8(7)10;/h2-4H,1H3;/q-1;+1. The Morgan fingerprint density at radius 1 is 1.33 bits per heavy atom. The Hall–Kier alpha value is 0.671. The number of ketones is 1. The van der Waals surface area contributed by atoms with Crippen LogP contribution in [-0.4, -0.2) is 12.8 Å². The van der Waals surface area contributed by atoms with Gasteiger partial charge in [-0.15, -0.1) is 5.46 Å². The molecule has 0 aliphatic carbocycles. The molecule has 0 radical (unpaired) electrons. The zero-order valence-electron chi connectivity index (χ0n) is 8.23. The van der Waals surface area contributed by atoms with Gasteiger partial charge < -0.3 is 12.9 Å². The Labute approximate surface area is 133 Å². The monoisotopic (exact) mass is 260 g/mol. The van der Waals surface area contributed by atoms with Crippen LogP contribution in [0.25, 0.3) is 0 Å². The second-order valence-electron chi connectivity index (χ2n) is 2.87. The number of halogens is 4. The van der Waals surface area contributed by atoms with Gasteiger partial charge in [0.1, 0.15) is 0 Å². The number of hydrogen-bond donors (Lipinski definition) is 0. The van der Waals surface area contributed by atoms with E-state index in [1.807, 2.05) is 0 Å². The molecule has 15 heavy (non-hydrogen) atoms. The summed E-state index contributed by atoms with van der Waals surface area (Å²) >= 11 is 5.56. The maximum atomic E-state index is 12.3. The molecule has 0 saturated carbocycles. The van der Waals surface area contributed by atoms with E-state index in [0.717, 1.165) is 18.2 Å². The summed E-state index contributed by atoms with van der Waals surface area (Å²) in [6, 6.07) is 2.74. The van der Waals surface area contributed by atoms with E-state index in [1.165, 1.54) is 6.92 Å². The molecule has 0 heterocycles. The van der Waals surface area contributed by atoms with Crippen molar-refractivity contribution >= 4 is 29.8 Å². The van der Waals surface area contributed by atoms with Gasteiger partial charge in [0.2, 0.25) is 0 Å². The van der Waals surface area contributed by atoms with Crippen molar-refractivity contribution in [3.8, 4) is 0 Å². The number of hydrogen-bond acceptors (Lipinski definition) is 1. The molecule has 0 N–H and O–H groups in total. The molecule has 0 atom stereocenters. The van der Waals surface area contributed by atoms with Gasteiger partial charge in [0.15, 0.2) is 5.78 Å². The minimum Gasteiger partial charge on any atom is -0.445 e.